The molecule has 1 saturated heterocycles. The third-order valence-electron chi connectivity index (χ3n) is 4.86. The minimum absolute atomic E-state index is 0.0336. The average Bonchev–Trinajstić information content (AvgIpc) is 3.32. The molecule has 0 spiro atoms. The zero-order valence-electron chi connectivity index (χ0n) is 15.3. The highest BCUT2D eigenvalue weighted by molar-refractivity contribution is 5.75. The van der Waals surface area contributed by atoms with Crippen LogP contribution in [0.1, 0.15) is 45.2 Å². The minimum Gasteiger partial charge on any atom is -0.367 e. The van der Waals surface area contributed by atoms with Crippen LogP contribution < -0.4 is 10.2 Å². The molecule has 3 heterocycles. The zero-order valence-corrected chi connectivity index (χ0v) is 15.3. The van der Waals surface area contributed by atoms with Crippen LogP contribution in [0, 0.1) is 0 Å². The molecular weight excluding hydrogens is 314 g/mol. The summed E-state index contributed by atoms with van der Waals surface area (Å²) in [5.74, 6) is 0.674. The summed E-state index contributed by atoms with van der Waals surface area (Å²) in [6.45, 7) is 9.24. The lowest BCUT2D eigenvalue weighted by atomic mass is 10.1. The number of imidazole rings is 1. The fourth-order valence-corrected chi connectivity index (χ4v) is 3.33. The summed E-state index contributed by atoms with van der Waals surface area (Å²) in [7, 11) is 0. The van der Waals surface area contributed by atoms with Crippen LogP contribution in [-0.2, 0) is 0 Å². The van der Waals surface area contributed by atoms with Gasteiger partial charge in [0.05, 0.1) is 11.4 Å². The van der Waals surface area contributed by atoms with Gasteiger partial charge in [0.25, 0.3) is 0 Å². The second kappa shape index (κ2) is 5.93. The number of hydrogen-bond acceptors (Lipinski definition) is 3. The highest BCUT2D eigenvalue weighted by Crippen LogP contribution is 2.39. The van der Waals surface area contributed by atoms with Crippen LogP contribution >= 0.6 is 0 Å². The number of rotatable bonds is 2. The van der Waals surface area contributed by atoms with E-state index in [4.69, 9.17) is 4.98 Å². The van der Waals surface area contributed by atoms with E-state index < -0.39 is 0 Å². The molecule has 0 aromatic carbocycles. The Morgan fingerprint density at radius 2 is 1.84 bits per heavy atom. The van der Waals surface area contributed by atoms with Gasteiger partial charge in [0.1, 0.15) is 5.65 Å². The van der Waals surface area contributed by atoms with Gasteiger partial charge in [-0.25, -0.2) is 9.78 Å². The van der Waals surface area contributed by atoms with Crippen molar-refractivity contribution in [1.82, 2.24) is 19.6 Å². The summed E-state index contributed by atoms with van der Waals surface area (Å²) in [5.41, 5.74) is 3.25. The molecule has 0 bridgehead atoms. The number of aromatic nitrogens is 2. The number of piperazine rings is 1. The van der Waals surface area contributed by atoms with Crippen LogP contribution in [0.2, 0.25) is 0 Å². The van der Waals surface area contributed by atoms with Gasteiger partial charge in [0, 0.05) is 50.0 Å². The van der Waals surface area contributed by atoms with E-state index in [1.165, 1.54) is 24.2 Å². The summed E-state index contributed by atoms with van der Waals surface area (Å²) >= 11 is 0. The monoisotopic (exact) mass is 341 g/mol. The van der Waals surface area contributed by atoms with Crippen molar-refractivity contribution in [3.05, 3.63) is 30.2 Å². The van der Waals surface area contributed by atoms with Gasteiger partial charge in [-0.15, -0.1) is 0 Å². The lowest BCUT2D eigenvalue weighted by molar-refractivity contribution is 0.185. The Morgan fingerprint density at radius 3 is 2.48 bits per heavy atom. The molecule has 2 amide bonds. The number of urea groups is 1. The SMILES string of the molecule is CC(C)(C)NC(=O)N1CCN(c2ccc3nc(C4CC4)cn3c2)CC1. The topological polar surface area (TPSA) is 52.9 Å². The molecule has 1 saturated carbocycles. The number of anilines is 1. The number of amides is 2. The molecule has 25 heavy (non-hydrogen) atoms. The Balaban J connectivity index is 1.42. The van der Waals surface area contributed by atoms with Crippen molar-refractivity contribution in [1.29, 1.82) is 0 Å². The molecular formula is C19H27N5O. The number of pyridine rings is 1. The van der Waals surface area contributed by atoms with E-state index >= 15 is 0 Å². The highest BCUT2D eigenvalue weighted by Gasteiger charge is 2.27. The van der Waals surface area contributed by atoms with E-state index in [1.807, 2.05) is 25.7 Å². The van der Waals surface area contributed by atoms with Gasteiger partial charge in [-0.1, -0.05) is 0 Å². The summed E-state index contributed by atoms with van der Waals surface area (Å²) in [6.07, 6.45) is 6.88. The molecule has 6 heteroatoms. The summed E-state index contributed by atoms with van der Waals surface area (Å²) < 4.78 is 2.14. The molecule has 1 aliphatic carbocycles. The fraction of sp³-hybridized carbons (Fsp3) is 0.579. The number of carbonyl (C=O) groups is 1. The minimum atomic E-state index is -0.195. The van der Waals surface area contributed by atoms with Gasteiger partial charge in [0.2, 0.25) is 0 Å². The molecule has 1 aliphatic heterocycles. The van der Waals surface area contributed by atoms with Crippen LogP contribution in [0.4, 0.5) is 10.5 Å². The van der Waals surface area contributed by atoms with E-state index in [2.05, 4.69) is 39.1 Å². The Bertz CT molecular complexity index is 779. The Hall–Kier alpha value is -2.24. The molecule has 0 atom stereocenters. The Labute approximate surface area is 148 Å². The molecule has 4 rings (SSSR count). The molecule has 1 N–H and O–H groups in total. The molecule has 0 radical (unpaired) electrons. The predicted molar refractivity (Wildman–Crippen MR) is 99.2 cm³/mol. The van der Waals surface area contributed by atoms with Crippen molar-refractivity contribution < 1.29 is 4.79 Å². The number of fused-ring (bicyclic) bond motifs is 1. The predicted octanol–water partition coefficient (Wildman–Crippen LogP) is 2.84. The van der Waals surface area contributed by atoms with E-state index in [0.717, 1.165) is 31.8 Å². The van der Waals surface area contributed by atoms with Crippen molar-refractivity contribution in [2.24, 2.45) is 0 Å². The van der Waals surface area contributed by atoms with Crippen molar-refractivity contribution >= 4 is 17.4 Å². The molecule has 2 aromatic rings. The van der Waals surface area contributed by atoms with E-state index in [1.54, 1.807) is 0 Å². The standard InChI is InChI=1S/C19H27N5O/c1-19(2,3)21-18(25)23-10-8-22(9-11-23)15-6-7-17-20-16(14-4-5-14)13-24(17)12-15/h6-7,12-14H,4-5,8-11H2,1-3H3,(H,21,25). The van der Waals surface area contributed by atoms with E-state index in [9.17, 15) is 4.79 Å². The van der Waals surface area contributed by atoms with E-state index in [0.29, 0.717) is 5.92 Å². The maximum atomic E-state index is 12.3. The molecule has 2 aliphatic rings. The van der Waals surface area contributed by atoms with Gasteiger partial charge >= 0.3 is 6.03 Å². The van der Waals surface area contributed by atoms with Gasteiger partial charge < -0.3 is 19.5 Å². The first-order valence-electron chi connectivity index (χ1n) is 9.20. The normalized spacial score (nSPS) is 18.7. The van der Waals surface area contributed by atoms with Crippen molar-refractivity contribution in [2.75, 3.05) is 31.1 Å². The van der Waals surface area contributed by atoms with Gasteiger partial charge in [-0.3, -0.25) is 0 Å². The second-order valence-electron chi connectivity index (χ2n) is 8.25. The number of carbonyl (C=O) groups excluding carboxylic acids is 1. The largest absolute Gasteiger partial charge is 0.367 e. The van der Waals surface area contributed by atoms with Crippen molar-refractivity contribution in [2.45, 2.75) is 45.1 Å². The molecule has 2 fully saturated rings. The van der Waals surface area contributed by atoms with Gasteiger partial charge in [-0.2, -0.15) is 0 Å². The first kappa shape index (κ1) is 16.2. The molecule has 2 aromatic heterocycles. The Kier molecular flexibility index (Phi) is 3.85. The second-order valence-corrected chi connectivity index (χ2v) is 8.25. The van der Waals surface area contributed by atoms with Crippen LogP contribution in [0.25, 0.3) is 5.65 Å². The maximum absolute atomic E-state index is 12.3. The van der Waals surface area contributed by atoms with Crippen molar-refractivity contribution in [3.63, 3.8) is 0 Å². The van der Waals surface area contributed by atoms with Crippen LogP contribution in [0.5, 0.6) is 0 Å². The zero-order chi connectivity index (χ0) is 17.6. The maximum Gasteiger partial charge on any atom is 0.317 e. The summed E-state index contributed by atoms with van der Waals surface area (Å²) in [5, 5.41) is 3.04. The number of hydrogen-bond donors (Lipinski definition) is 1. The fourth-order valence-electron chi connectivity index (χ4n) is 3.33. The third kappa shape index (κ3) is 3.57. The van der Waals surface area contributed by atoms with Crippen molar-refractivity contribution in [3.8, 4) is 0 Å². The first-order chi connectivity index (χ1) is 11.9. The average molecular weight is 341 g/mol. The van der Waals surface area contributed by atoms with Gasteiger partial charge in [0.15, 0.2) is 0 Å². The third-order valence-corrected chi connectivity index (χ3v) is 4.86. The number of nitrogens with one attached hydrogen (secondary N) is 1. The molecule has 0 unspecified atom stereocenters. The van der Waals surface area contributed by atoms with Gasteiger partial charge in [-0.05, 0) is 45.7 Å². The van der Waals surface area contributed by atoms with E-state index in [-0.39, 0.29) is 11.6 Å². The van der Waals surface area contributed by atoms with Crippen LogP contribution in [-0.4, -0.2) is 52.0 Å². The van der Waals surface area contributed by atoms with Crippen LogP contribution in [0.3, 0.4) is 0 Å². The first-order valence-corrected chi connectivity index (χ1v) is 9.20. The smallest absolute Gasteiger partial charge is 0.317 e. The lowest BCUT2D eigenvalue weighted by Gasteiger charge is -2.37. The molecule has 134 valence electrons. The number of nitrogens with zero attached hydrogens (tertiary/aromatic N) is 4. The van der Waals surface area contributed by atoms with Crippen LogP contribution in [0.15, 0.2) is 24.5 Å². The summed E-state index contributed by atoms with van der Waals surface area (Å²) in [6, 6.07) is 4.27. The quantitative estimate of drug-likeness (QED) is 0.914. The summed E-state index contributed by atoms with van der Waals surface area (Å²) in [4.78, 5) is 21.3. The lowest BCUT2D eigenvalue weighted by Crippen LogP contribution is -2.55. The highest BCUT2D eigenvalue weighted by atomic mass is 16.2. The molecule has 6 nitrogen and oxygen atoms in total. The Morgan fingerprint density at radius 1 is 1.12 bits per heavy atom.